The number of amides is 1. The van der Waals surface area contributed by atoms with Gasteiger partial charge in [0, 0.05) is 10.1 Å². The smallest absolute Gasteiger partial charge is 0.407 e. The van der Waals surface area contributed by atoms with Gasteiger partial charge in [-0.3, -0.25) is 0 Å². The topological polar surface area (TPSA) is 47.6 Å². The molecule has 0 atom stereocenters. The van der Waals surface area contributed by atoms with E-state index in [0.29, 0.717) is 13.2 Å². The highest BCUT2D eigenvalue weighted by atomic mass is 127. The normalized spacial score (nSPS) is 10.9. The lowest BCUT2D eigenvalue weighted by Crippen LogP contribution is -2.33. The molecule has 1 aromatic rings. The average Bonchev–Trinajstić information content (AvgIpc) is 2.26. The Kier molecular flexibility index (Phi) is 6.41. The molecule has 0 aromatic heterocycles. The van der Waals surface area contributed by atoms with Crippen LogP contribution in [-0.4, -0.2) is 24.8 Å². The third-order valence-corrected chi connectivity index (χ3v) is 2.73. The SMILES string of the molecule is CC(C)(C)OC(=O)NCCCOc1cccc(I)c1. The van der Waals surface area contributed by atoms with Crippen molar-refractivity contribution in [1.29, 1.82) is 0 Å². The van der Waals surface area contributed by atoms with Crippen LogP contribution in [0.4, 0.5) is 4.79 Å². The molecule has 106 valence electrons. The minimum atomic E-state index is -0.457. The second-order valence-electron chi connectivity index (χ2n) is 5.09. The van der Waals surface area contributed by atoms with E-state index in [4.69, 9.17) is 9.47 Å². The van der Waals surface area contributed by atoms with Crippen LogP contribution in [0.25, 0.3) is 0 Å². The lowest BCUT2D eigenvalue weighted by molar-refractivity contribution is 0.0525. The molecule has 0 radical (unpaired) electrons. The number of carbonyl (C=O) groups excluding carboxylic acids is 1. The molecule has 0 saturated heterocycles. The summed E-state index contributed by atoms with van der Waals surface area (Å²) in [7, 11) is 0. The first kappa shape index (κ1) is 16.1. The lowest BCUT2D eigenvalue weighted by Gasteiger charge is -2.19. The van der Waals surface area contributed by atoms with E-state index in [1.54, 1.807) is 0 Å². The summed E-state index contributed by atoms with van der Waals surface area (Å²) in [5, 5.41) is 2.69. The minimum Gasteiger partial charge on any atom is -0.493 e. The Labute approximate surface area is 128 Å². The molecule has 0 aliphatic carbocycles. The fourth-order valence-electron chi connectivity index (χ4n) is 1.32. The number of hydrogen-bond donors (Lipinski definition) is 1. The van der Waals surface area contributed by atoms with Gasteiger partial charge < -0.3 is 14.8 Å². The van der Waals surface area contributed by atoms with E-state index in [1.165, 1.54) is 0 Å². The van der Waals surface area contributed by atoms with Crippen molar-refractivity contribution in [3.63, 3.8) is 0 Å². The number of carbonyl (C=O) groups is 1. The van der Waals surface area contributed by atoms with E-state index in [2.05, 4.69) is 27.9 Å². The molecule has 0 fully saturated rings. The van der Waals surface area contributed by atoms with E-state index in [0.717, 1.165) is 15.7 Å². The Hall–Kier alpha value is -0.980. The molecule has 19 heavy (non-hydrogen) atoms. The van der Waals surface area contributed by atoms with E-state index in [-0.39, 0.29) is 6.09 Å². The van der Waals surface area contributed by atoms with Crippen molar-refractivity contribution in [2.24, 2.45) is 0 Å². The molecule has 1 N–H and O–H groups in total. The van der Waals surface area contributed by atoms with Crippen LogP contribution >= 0.6 is 22.6 Å². The zero-order valence-electron chi connectivity index (χ0n) is 11.5. The molecule has 0 heterocycles. The van der Waals surface area contributed by atoms with E-state index in [1.807, 2.05) is 45.0 Å². The predicted molar refractivity (Wildman–Crippen MR) is 83.5 cm³/mol. The fourth-order valence-corrected chi connectivity index (χ4v) is 1.84. The molecular formula is C14H20INO3. The Balaban J connectivity index is 2.13. The third-order valence-electron chi connectivity index (χ3n) is 2.05. The highest BCUT2D eigenvalue weighted by Crippen LogP contribution is 2.14. The molecule has 0 aliphatic rings. The summed E-state index contributed by atoms with van der Waals surface area (Å²) in [5.41, 5.74) is -0.457. The summed E-state index contributed by atoms with van der Waals surface area (Å²) >= 11 is 2.24. The number of ether oxygens (including phenoxy) is 2. The summed E-state index contributed by atoms with van der Waals surface area (Å²) in [6.45, 7) is 6.63. The van der Waals surface area contributed by atoms with Crippen molar-refractivity contribution in [2.75, 3.05) is 13.2 Å². The number of rotatable bonds is 5. The van der Waals surface area contributed by atoms with Gasteiger partial charge in [0.25, 0.3) is 0 Å². The fraction of sp³-hybridized carbons (Fsp3) is 0.500. The maximum absolute atomic E-state index is 11.4. The van der Waals surface area contributed by atoms with Crippen LogP contribution in [0.5, 0.6) is 5.75 Å². The Morgan fingerprint density at radius 2 is 2.11 bits per heavy atom. The molecule has 5 heteroatoms. The van der Waals surface area contributed by atoms with Gasteiger partial charge in [0.05, 0.1) is 6.61 Å². The first-order valence-corrected chi connectivity index (χ1v) is 7.30. The molecule has 0 aliphatic heterocycles. The van der Waals surface area contributed by atoms with Crippen LogP contribution in [0.3, 0.4) is 0 Å². The van der Waals surface area contributed by atoms with Crippen molar-refractivity contribution in [1.82, 2.24) is 5.32 Å². The van der Waals surface area contributed by atoms with Gasteiger partial charge in [-0.1, -0.05) is 6.07 Å². The maximum atomic E-state index is 11.4. The van der Waals surface area contributed by atoms with Gasteiger partial charge in [-0.05, 0) is 68.0 Å². The third kappa shape index (κ3) is 7.92. The van der Waals surface area contributed by atoms with Crippen LogP contribution in [-0.2, 0) is 4.74 Å². The zero-order valence-corrected chi connectivity index (χ0v) is 13.7. The Morgan fingerprint density at radius 3 is 2.74 bits per heavy atom. The molecule has 1 aromatic carbocycles. The van der Waals surface area contributed by atoms with Crippen LogP contribution in [0, 0.1) is 3.57 Å². The van der Waals surface area contributed by atoms with Gasteiger partial charge >= 0.3 is 6.09 Å². The zero-order chi connectivity index (χ0) is 14.3. The van der Waals surface area contributed by atoms with Gasteiger partial charge in [0.2, 0.25) is 0 Å². The van der Waals surface area contributed by atoms with E-state index in [9.17, 15) is 4.79 Å². The molecule has 0 saturated carbocycles. The molecule has 1 amide bonds. The molecule has 0 unspecified atom stereocenters. The van der Waals surface area contributed by atoms with Crippen molar-refractivity contribution in [3.05, 3.63) is 27.8 Å². The highest BCUT2D eigenvalue weighted by molar-refractivity contribution is 14.1. The molecule has 0 spiro atoms. The minimum absolute atomic E-state index is 0.387. The molecule has 0 bridgehead atoms. The van der Waals surface area contributed by atoms with Gasteiger partial charge in [0.1, 0.15) is 11.4 Å². The quantitative estimate of drug-likeness (QED) is 0.630. The van der Waals surface area contributed by atoms with E-state index >= 15 is 0 Å². The summed E-state index contributed by atoms with van der Waals surface area (Å²) < 4.78 is 11.8. The maximum Gasteiger partial charge on any atom is 0.407 e. The van der Waals surface area contributed by atoms with Crippen LogP contribution in [0.2, 0.25) is 0 Å². The molecule has 4 nitrogen and oxygen atoms in total. The second kappa shape index (κ2) is 7.57. The van der Waals surface area contributed by atoms with Gasteiger partial charge in [0.15, 0.2) is 0 Å². The van der Waals surface area contributed by atoms with Gasteiger partial charge in [-0.25, -0.2) is 4.79 Å². The monoisotopic (exact) mass is 377 g/mol. The van der Waals surface area contributed by atoms with Crippen molar-refractivity contribution < 1.29 is 14.3 Å². The lowest BCUT2D eigenvalue weighted by atomic mass is 10.2. The first-order valence-electron chi connectivity index (χ1n) is 6.22. The van der Waals surface area contributed by atoms with Crippen LogP contribution in [0.15, 0.2) is 24.3 Å². The number of halogens is 1. The summed E-state index contributed by atoms with van der Waals surface area (Å²) in [5.74, 6) is 0.851. The Bertz CT molecular complexity index is 415. The van der Waals surface area contributed by atoms with Crippen LogP contribution < -0.4 is 10.1 Å². The Morgan fingerprint density at radius 1 is 1.37 bits per heavy atom. The largest absolute Gasteiger partial charge is 0.493 e. The van der Waals surface area contributed by atoms with Crippen LogP contribution in [0.1, 0.15) is 27.2 Å². The first-order chi connectivity index (χ1) is 8.87. The van der Waals surface area contributed by atoms with Gasteiger partial charge in [-0.15, -0.1) is 0 Å². The van der Waals surface area contributed by atoms with Crippen molar-refractivity contribution in [2.45, 2.75) is 32.8 Å². The standard InChI is InChI=1S/C14H20INO3/c1-14(2,3)19-13(17)16-8-5-9-18-12-7-4-6-11(15)10-12/h4,6-7,10H,5,8-9H2,1-3H3,(H,16,17). The molecular weight excluding hydrogens is 357 g/mol. The number of nitrogens with one attached hydrogen (secondary N) is 1. The highest BCUT2D eigenvalue weighted by Gasteiger charge is 2.15. The summed E-state index contributed by atoms with van der Waals surface area (Å²) in [4.78, 5) is 11.4. The molecule has 1 rings (SSSR count). The number of hydrogen-bond acceptors (Lipinski definition) is 3. The van der Waals surface area contributed by atoms with Crippen molar-refractivity contribution >= 4 is 28.7 Å². The summed E-state index contributed by atoms with van der Waals surface area (Å²) in [6, 6.07) is 7.86. The van der Waals surface area contributed by atoms with Gasteiger partial charge in [-0.2, -0.15) is 0 Å². The van der Waals surface area contributed by atoms with E-state index < -0.39 is 5.60 Å². The van der Waals surface area contributed by atoms with Crippen molar-refractivity contribution in [3.8, 4) is 5.75 Å². The average molecular weight is 377 g/mol. The number of benzene rings is 1. The predicted octanol–water partition coefficient (Wildman–Crippen LogP) is 3.58. The summed E-state index contributed by atoms with van der Waals surface area (Å²) in [6.07, 6.45) is 0.354. The number of alkyl carbamates (subject to hydrolysis) is 1. The second-order valence-corrected chi connectivity index (χ2v) is 6.33.